The van der Waals surface area contributed by atoms with E-state index in [0.717, 1.165) is 24.0 Å². The van der Waals surface area contributed by atoms with Crippen molar-refractivity contribution in [3.05, 3.63) is 133 Å². The lowest BCUT2D eigenvalue weighted by molar-refractivity contribution is 0.0953. The molecule has 280 valence electrons. The van der Waals surface area contributed by atoms with Crippen LogP contribution < -0.4 is 16.0 Å². The normalized spacial score (nSPS) is 11.2. The number of nitrogens with zero attached hydrogens (tertiary/aromatic N) is 2. The lowest BCUT2D eigenvalue weighted by Gasteiger charge is -2.24. The molecule has 2 N–H and O–H groups in total. The third-order valence-corrected chi connectivity index (χ3v) is 10.5. The molecule has 5 aromatic rings. The number of carbonyl (C=O) groups excluding carboxylic acids is 1. The highest BCUT2D eigenvalue weighted by atomic mass is 35.5. The summed E-state index contributed by atoms with van der Waals surface area (Å²) in [5, 5.41) is 5.52. The van der Waals surface area contributed by atoms with Gasteiger partial charge in [-0.3, -0.25) is 20.1 Å². The van der Waals surface area contributed by atoms with E-state index in [0.29, 0.717) is 15.7 Å². The molecule has 0 aliphatic carbocycles. The number of H-pyrrole nitrogens is 1. The predicted octanol–water partition coefficient (Wildman–Crippen LogP) is 13.6. The van der Waals surface area contributed by atoms with Gasteiger partial charge < -0.3 is 0 Å². The number of benzene rings is 4. The minimum atomic E-state index is -0.458. The van der Waals surface area contributed by atoms with Gasteiger partial charge in [0.25, 0.3) is 11.5 Å². The smallest absolute Gasteiger partial charge is 0.273 e. The second-order valence-corrected chi connectivity index (χ2v) is 15.2. The number of anilines is 2. The SMILES string of the molecule is CCCCCCCCCCCCCCCc1cccc(-c2ccc(Cl)c(C(=O)NN(c3ccccc3)c3cc(=O)n(-c4c(Cl)cc(Cl)cc4Cl)[nH]3)c2)c1. The Kier molecular flexibility index (Phi) is 15.8. The van der Waals surface area contributed by atoms with Crippen LogP contribution in [0.1, 0.15) is 106 Å². The molecular formula is C43H48Cl4N4O2. The van der Waals surface area contributed by atoms with Gasteiger partial charge in [-0.25, -0.2) is 9.69 Å². The van der Waals surface area contributed by atoms with Crippen molar-refractivity contribution < 1.29 is 4.79 Å². The van der Waals surface area contributed by atoms with Crippen LogP contribution in [0.5, 0.6) is 0 Å². The number of carbonyl (C=O) groups is 1. The molecule has 5 rings (SSSR count). The first-order chi connectivity index (χ1) is 25.7. The molecule has 0 saturated carbocycles. The topological polar surface area (TPSA) is 70.1 Å². The largest absolute Gasteiger partial charge is 0.274 e. The molecule has 1 aromatic heterocycles. The van der Waals surface area contributed by atoms with Gasteiger partial charge in [0.15, 0.2) is 5.82 Å². The molecule has 0 radical (unpaired) electrons. The van der Waals surface area contributed by atoms with Crippen LogP contribution in [-0.4, -0.2) is 15.7 Å². The maximum atomic E-state index is 13.9. The van der Waals surface area contributed by atoms with Crippen molar-refractivity contribution in [2.45, 2.75) is 96.8 Å². The summed E-state index contributed by atoms with van der Waals surface area (Å²) < 4.78 is 1.21. The first-order valence-corrected chi connectivity index (χ1v) is 20.3. The Labute approximate surface area is 333 Å². The second-order valence-electron chi connectivity index (χ2n) is 13.5. The number of aromatic amines is 1. The van der Waals surface area contributed by atoms with Crippen LogP contribution in [0.25, 0.3) is 16.8 Å². The van der Waals surface area contributed by atoms with Crippen LogP contribution >= 0.6 is 46.4 Å². The number of hydrogen-bond acceptors (Lipinski definition) is 3. The van der Waals surface area contributed by atoms with Crippen LogP contribution in [0.4, 0.5) is 11.5 Å². The van der Waals surface area contributed by atoms with Crippen LogP contribution in [0, 0.1) is 0 Å². The van der Waals surface area contributed by atoms with E-state index in [-0.39, 0.29) is 27.1 Å². The lowest BCUT2D eigenvalue weighted by atomic mass is 9.98. The monoisotopic (exact) mass is 792 g/mol. The molecule has 10 heteroatoms. The zero-order valence-corrected chi connectivity index (χ0v) is 33.3. The highest BCUT2D eigenvalue weighted by molar-refractivity contribution is 6.40. The second kappa shape index (κ2) is 20.7. The molecule has 0 unspecified atom stereocenters. The minimum Gasteiger partial charge on any atom is -0.274 e. The number of aryl methyl sites for hydroxylation is 1. The Balaban J connectivity index is 1.22. The predicted molar refractivity (Wildman–Crippen MR) is 224 cm³/mol. The maximum Gasteiger partial charge on any atom is 0.273 e. The molecule has 0 saturated heterocycles. The summed E-state index contributed by atoms with van der Waals surface area (Å²) in [6.07, 6.45) is 18.4. The number of hydrazine groups is 1. The van der Waals surface area contributed by atoms with Gasteiger partial charge in [-0.05, 0) is 65.9 Å². The third-order valence-electron chi connectivity index (χ3n) is 9.42. The standard InChI is InChI=1S/C43H48Cl4N4O2/c1-2-3-4-5-6-7-8-9-10-11-12-13-15-19-31-20-18-21-32(26-31)33-24-25-37(45)36(27-33)43(53)49-50(35-22-16-14-17-23-35)40-30-41(52)51(48-40)42-38(46)28-34(44)29-39(42)47/h14,16-18,20-30,48H,2-13,15,19H2,1H3,(H,49,53). The number of nitrogens with one attached hydrogen (secondary N) is 2. The number of hydrogen-bond donors (Lipinski definition) is 2. The molecular weight excluding hydrogens is 746 g/mol. The number of halogens is 4. The van der Waals surface area contributed by atoms with Gasteiger partial charge in [-0.2, -0.15) is 0 Å². The van der Waals surface area contributed by atoms with E-state index in [2.05, 4.69) is 41.7 Å². The summed E-state index contributed by atoms with van der Waals surface area (Å²) in [4.78, 5) is 27.2. The molecule has 0 fully saturated rings. The molecule has 53 heavy (non-hydrogen) atoms. The van der Waals surface area contributed by atoms with Gasteiger partial charge in [-0.15, -0.1) is 0 Å². The van der Waals surface area contributed by atoms with E-state index in [9.17, 15) is 9.59 Å². The van der Waals surface area contributed by atoms with E-state index in [4.69, 9.17) is 46.4 Å². The summed E-state index contributed by atoms with van der Waals surface area (Å²) >= 11 is 25.6. The van der Waals surface area contributed by atoms with E-state index in [1.54, 1.807) is 24.3 Å². The van der Waals surface area contributed by atoms with Crippen LogP contribution in [-0.2, 0) is 6.42 Å². The first-order valence-electron chi connectivity index (χ1n) is 18.8. The molecule has 0 aliphatic heterocycles. The van der Waals surface area contributed by atoms with E-state index < -0.39 is 11.5 Å². The lowest BCUT2D eigenvalue weighted by Crippen LogP contribution is -2.39. The Morgan fingerprint density at radius 3 is 1.91 bits per heavy atom. The minimum absolute atomic E-state index is 0.185. The van der Waals surface area contributed by atoms with Crippen molar-refractivity contribution in [2.24, 2.45) is 0 Å². The highest BCUT2D eigenvalue weighted by Crippen LogP contribution is 2.32. The molecule has 0 atom stereocenters. The van der Waals surface area contributed by atoms with Gasteiger partial charge in [-0.1, -0.05) is 179 Å². The van der Waals surface area contributed by atoms with E-state index >= 15 is 0 Å². The Hall–Kier alpha value is -3.68. The van der Waals surface area contributed by atoms with Gasteiger partial charge in [0.2, 0.25) is 0 Å². The fourth-order valence-corrected chi connectivity index (χ4v) is 7.74. The zero-order chi connectivity index (χ0) is 37.6. The third kappa shape index (κ3) is 11.7. The Morgan fingerprint density at radius 1 is 0.660 bits per heavy atom. The number of para-hydroxylation sites is 1. The summed E-state index contributed by atoms with van der Waals surface area (Å²) in [5.74, 6) is -0.190. The molecule has 4 aromatic carbocycles. The number of rotatable bonds is 20. The molecule has 0 bridgehead atoms. The van der Waals surface area contributed by atoms with Crippen molar-refractivity contribution in [3.8, 4) is 16.8 Å². The molecule has 0 spiro atoms. The van der Waals surface area contributed by atoms with Crippen molar-refractivity contribution in [3.63, 3.8) is 0 Å². The van der Waals surface area contributed by atoms with Crippen molar-refractivity contribution in [2.75, 3.05) is 5.01 Å². The van der Waals surface area contributed by atoms with Gasteiger partial charge in [0.05, 0.1) is 26.3 Å². The molecule has 1 heterocycles. The van der Waals surface area contributed by atoms with Crippen molar-refractivity contribution >= 4 is 63.8 Å². The number of unbranched alkanes of at least 4 members (excludes halogenated alkanes) is 12. The van der Waals surface area contributed by atoms with E-state index in [1.807, 2.05) is 24.3 Å². The van der Waals surface area contributed by atoms with Crippen molar-refractivity contribution in [1.29, 1.82) is 0 Å². The zero-order valence-electron chi connectivity index (χ0n) is 30.3. The van der Waals surface area contributed by atoms with Gasteiger partial charge in [0.1, 0.15) is 5.69 Å². The summed E-state index contributed by atoms with van der Waals surface area (Å²) in [6, 6.07) is 27.4. The van der Waals surface area contributed by atoms with Gasteiger partial charge >= 0.3 is 0 Å². The van der Waals surface area contributed by atoms with Crippen LogP contribution in [0.15, 0.2) is 95.8 Å². The molecule has 0 aliphatic rings. The van der Waals surface area contributed by atoms with Crippen LogP contribution in [0.3, 0.4) is 0 Å². The number of aromatic nitrogens is 2. The summed E-state index contributed by atoms with van der Waals surface area (Å²) in [7, 11) is 0. The van der Waals surface area contributed by atoms with Gasteiger partial charge in [0, 0.05) is 11.1 Å². The summed E-state index contributed by atoms with van der Waals surface area (Å²) in [6.45, 7) is 2.27. The highest BCUT2D eigenvalue weighted by Gasteiger charge is 2.21. The summed E-state index contributed by atoms with van der Waals surface area (Å²) in [5.41, 5.74) is 6.78. The average Bonchev–Trinajstić information content (AvgIpc) is 3.52. The van der Waals surface area contributed by atoms with Crippen LogP contribution in [0.2, 0.25) is 20.1 Å². The Morgan fingerprint density at radius 2 is 1.26 bits per heavy atom. The number of amides is 1. The fraction of sp³-hybridized carbons (Fsp3) is 0.349. The molecule has 6 nitrogen and oxygen atoms in total. The van der Waals surface area contributed by atoms with E-state index in [1.165, 1.54) is 111 Å². The average molecular weight is 795 g/mol. The maximum absolute atomic E-state index is 13.9. The first kappa shape index (κ1) is 40.5. The van der Waals surface area contributed by atoms with Crippen molar-refractivity contribution in [1.82, 2.24) is 15.2 Å². The fourth-order valence-electron chi connectivity index (χ4n) is 6.55. The Bertz CT molecular complexity index is 1970. The quantitative estimate of drug-likeness (QED) is 0.0609. The molecule has 1 amide bonds.